The lowest BCUT2D eigenvalue weighted by Gasteiger charge is -2.23. The van der Waals surface area contributed by atoms with Crippen LogP contribution in [0.1, 0.15) is 53.9 Å². The van der Waals surface area contributed by atoms with Gasteiger partial charge in [0.2, 0.25) is 0 Å². The fraction of sp³-hybridized carbons (Fsp3) is 1.00. The quantitative estimate of drug-likeness (QED) is 0.579. The van der Waals surface area contributed by atoms with Crippen molar-refractivity contribution in [3.63, 3.8) is 0 Å². The molecule has 0 N–H and O–H groups in total. The van der Waals surface area contributed by atoms with Gasteiger partial charge in [-0.05, 0) is 29.6 Å². The minimum atomic E-state index is 0.582. The van der Waals surface area contributed by atoms with Crippen molar-refractivity contribution in [1.29, 1.82) is 0 Å². The average Bonchev–Trinajstić information content (AvgIpc) is 2.39. The fourth-order valence-corrected chi connectivity index (χ4v) is 1.74. The number of rotatable bonds is 3. The van der Waals surface area contributed by atoms with E-state index in [9.17, 15) is 0 Å². The molecule has 0 nitrogen and oxygen atoms in total. The predicted molar refractivity (Wildman–Crippen MR) is 50.6 cm³/mol. The summed E-state index contributed by atoms with van der Waals surface area (Å²) in [4.78, 5) is 0. The highest BCUT2D eigenvalue weighted by Gasteiger charge is 2.46. The van der Waals surface area contributed by atoms with Crippen LogP contribution < -0.4 is 0 Å². The molecular formula is C11H22. The third kappa shape index (κ3) is 2.21. The lowest BCUT2D eigenvalue weighted by Crippen LogP contribution is -2.11. The molecule has 0 aromatic heterocycles. The molecule has 1 saturated carbocycles. The largest absolute Gasteiger partial charge is 0.0649 e. The Morgan fingerprint density at radius 3 is 2.09 bits per heavy atom. The zero-order valence-corrected chi connectivity index (χ0v) is 8.70. The molecule has 0 aromatic carbocycles. The van der Waals surface area contributed by atoms with Gasteiger partial charge in [-0.1, -0.05) is 41.0 Å². The summed E-state index contributed by atoms with van der Waals surface area (Å²) in [6.45, 7) is 11.9. The van der Waals surface area contributed by atoms with Gasteiger partial charge in [0.1, 0.15) is 0 Å². The van der Waals surface area contributed by atoms with Gasteiger partial charge in [-0.25, -0.2) is 0 Å². The van der Waals surface area contributed by atoms with Crippen LogP contribution in [0.5, 0.6) is 0 Å². The van der Waals surface area contributed by atoms with Crippen LogP contribution in [0.3, 0.4) is 0 Å². The summed E-state index contributed by atoms with van der Waals surface area (Å²) in [7, 11) is 0. The van der Waals surface area contributed by atoms with Crippen LogP contribution in [0.2, 0.25) is 0 Å². The maximum absolute atomic E-state index is 2.39. The molecule has 0 heterocycles. The van der Waals surface area contributed by atoms with Crippen molar-refractivity contribution >= 4 is 0 Å². The Morgan fingerprint density at radius 2 is 1.82 bits per heavy atom. The van der Waals surface area contributed by atoms with E-state index in [1.54, 1.807) is 0 Å². The first-order chi connectivity index (χ1) is 4.87. The Labute approximate surface area is 71.4 Å². The van der Waals surface area contributed by atoms with E-state index in [0.717, 1.165) is 5.92 Å². The second kappa shape index (κ2) is 2.50. The molecule has 66 valence electrons. The van der Waals surface area contributed by atoms with Gasteiger partial charge in [-0.3, -0.25) is 0 Å². The van der Waals surface area contributed by atoms with Crippen LogP contribution in [0.15, 0.2) is 0 Å². The normalized spacial score (nSPS) is 28.6. The molecule has 1 rings (SSSR count). The van der Waals surface area contributed by atoms with E-state index >= 15 is 0 Å². The van der Waals surface area contributed by atoms with E-state index in [-0.39, 0.29) is 0 Å². The fourth-order valence-electron chi connectivity index (χ4n) is 1.74. The minimum Gasteiger partial charge on any atom is -0.0649 e. The van der Waals surface area contributed by atoms with Crippen molar-refractivity contribution in [3.05, 3.63) is 0 Å². The van der Waals surface area contributed by atoms with E-state index in [1.165, 1.54) is 19.3 Å². The lowest BCUT2D eigenvalue weighted by molar-refractivity contribution is 0.284. The van der Waals surface area contributed by atoms with Crippen LogP contribution in [0, 0.1) is 16.7 Å². The Kier molecular flexibility index (Phi) is 2.07. The van der Waals surface area contributed by atoms with Crippen LogP contribution in [-0.4, -0.2) is 0 Å². The lowest BCUT2D eigenvalue weighted by atomic mass is 9.83. The predicted octanol–water partition coefficient (Wildman–Crippen LogP) is 3.86. The monoisotopic (exact) mass is 154 g/mol. The van der Waals surface area contributed by atoms with Gasteiger partial charge in [0.15, 0.2) is 0 Å². The van der Waals surface area contributed by atoms with Gasteiger partial charge in [0, 0.05) is 0 Å². The average molecular weight is 154 g/mol. The molecule has 0 aliphatic heterocycles. The topological polar surface area (TPSA) is 0 Å². The van der Waals surface area contributed by atoms with Crippen molar-refractivity contribution in [2.75, 3.05) is 0 Å². The highest BCUT2D eigenvalue weighted by atomic mass is 14.5. The molecule has 0 bridgehead atoms. The van der Waals surface area contributed by atoms with Crippen molar-refractivity contribution in [1.82, 2.24) is 0 Å². The summed E-state index contributed by atoms with van der Waals surface area (Å²) in [5.74, 6) is 1.01. The van der Waals surface area contributed by atoms with Gasteiger partial charge in [0.05, 0.1) is 0 Å². The summed E-state index contributed by atoms with van der Waals surface area (Å²) in [6, 6.07) is 0. The highest BCUT2D eigenvalue weighted by molar-refractivity contribution is 4.97. The standard InChI is InChI=1S/C11H22/c1-6-10(2,3)7-9-8-11(9,4)5/h9H,6-8H2,1-5H3. The van der Waals surface area contributed by atoms with Crippen molar-refractivity contribution in [2.45, 2.75) is 53.9 Å². The second-order valence-corrected chi connectivity index (χ2v) is 5.61. The Hall–Kier alpha value is 0. The molecule has 1 aliphatic carbocycles. The molecule has 0 heteroatoms. The Balaban J connectivity index is 2.34. The van der Waals surface area contributed by atoms with E-state index in [2.05, 4.69) is 34.6 Å². The van der Waals surface area contributed by atoms with Crippen molar-refractivity contribution in [3.8, 4) is 0 Å². The summed E-state index contributed by atoms with van der Waals surface area (Å²) in [5, 5.41) is 0. The SMILES string of the molecule is CCC(C)(C)CC1CC1(C)C. The third-order valence-corrected chi connectivity index (χ3v) is 3.47. The molecule has 1 aliphatic rings. The van der Waals surface area contributed by atoms with Crippen molar-refractivity contribution in [2.24, 2.45) is 16.7 Å². The number of hydrogen-bond donors (Lipinski definition) is 0. The summed E-state index contributed by atoms with van der Waals surface area (Å²) in [6.07, 6.45) is 4.20. The smallest absolute Gasteiger partial charge is 0.0323 e. The zero-order valence-electron chi connectivity index (χ0n) is 8.70. The first kappa shape index (κ1) is 9.09. The van der Waals surface area contributed by atoms with E-state index in [0.29, 0.717) is 10.8 Å². The molecule has 0 amide bonds. The third-order valence-electron chi connectivity index (χ3n) is 3.47. The van der Waals surface area contributed by atoms with Crippen LogP contribution in [0.4, 0.5) is 0 Å². The number of hydrogen-bond acceptors (Lipinski definition) is 0. The molecule has 1 fully saturated rings. The summed E-state index contributed by atoms with van der Waals surface area (Å²) >= 11 is 0. The molecule has 0 spiro atoms. The first-order valence-electron chi connectivity index (χ1n) is 4.87. The van der Waals surface area contributed by atoms with Gasteiger partial charge >= 0.3 is 0 Å². The van der Waals surface area contributed by atoms with Gasteiger partial charge in [-0.15, -0.1) is 0 Å². The minimum absolute atomic E-state index is 0.582. The van der Waals surface area contributed by atoms with E-state index in [1.807, 2.05) is 0 Å². The summed E-state index contributed by atoms with van der Waals surface area (Å²) < 4.78 is 0. The van der Waals surface area contributed by atoms with E-state index in [4.69, 9.17) is 0 Å². The molecule has 0 radical (unpaired) electrons. The highest BCUT2D eigenvalue weighted by Crippen LogP contribution is 2.56. The van der Waals surface area contributed by atoms with Gasteiger partial charge in [0.25, 0.3) is 0 Å². The second-order valence-electron chi connectivity index (χ2n) is 5.61. The maximum Gasteiger partial charge on any atom is -0.0323 e. The van der Waals surface area contributed by atoms with Gasteiger partial charge < -0.3 is 0 Å². The Morgan fingerprint density at radius 1 is 1.36 bits per heavy atom. The van der Waals surface area contributed by atoms with E-state index < -0.39 is 0 Å². The van der Waals surface area contributed by atoms with Crippen molar-refractivity contribution < 1.29 is 0 Å². The molecule has 1 unspecified atom stereocenters. The van der Waals surface area contributed by atoms with Crippen LogP contribution in [-0.2, 0) is 0 Å². The molecular weight excluding hydrogens is 132 g/mol. The maximum atomic E-state index is 2.39. The molecule has 0 saturated heterocycles. The molecule has 11 heavy (non-hydrogen) atoms. The first-order valence-corrected chi connectivity index (χ1v) is 4.87. The van der Waals surface area contributed by atoms with Crippen LogP contribution in [0.25, 0.3) is 0 Å². The summed E-state index contributed by atoms with van der Waals surface area (Å²) in [5.41, 5.74) is 1.25. The van der Waals surface area contributed by atoms with Gasteiger partial charge in [-0.2, -0.15) is 0 Å². The molecule has 1 atom stereocenters. The van der Waals surface area contributed by atoms with Crippen LogP contribution >= 0.6 is 0 Å². The molecule has 0 aromatic rings. The Bertz CT molecular complexity index is 142. The zero-order chi connectivity index (χ0) is 8.70.